The van der Waals surface area contributed by atoms with E-state index in [9.17, 15) is 9.59 Å². The molecule has 1 saturated carbocycles. The van der Waals surface area contributed by atoms with E-state index in [0.29, 0.717) is 18.9 Å². The van der Waals surface area contributed by atoms with Crippen LogP contribution in [0.5, 0.6) is 0 Å². The molecule has 0 radical (unpaired) electrons. The summed E-state index contributed by atoms with van der Waals surface area (Å²) in [5.41, 5.74) is 2.43. The van der Waals surface area contributed by atoms with Crippen molar-refractivity contribution >= 4 is 11.9 Å². The van der Waals surface area contributed by atoms with Crippen LogP contribution in [0.15, 0.2) is 24.3 Å². The lowest BCUT2D eigenvalue weighted by molar-refractivity contribution is -0.146. The highest BCUT2D eigenvalue weighted by molar-refractivity contribution is 5.90. The van der Waals surface area contributed by atoms with Gasteiger partial charge in [-0.25, -0.2) is 4.79 Å². The lowest BCUT2D eigenvalue weighted by Gasteiger charge is -2.20. The zero-order chi connectivity index (χ0) is 14.1. The summed E-state index contributed by atoms with van der Waals surface area (Å²) in [4.78, 5) is 23.8. The highest BCUT2D eigenvalue weighted by Gasteiger charge is 2.41. The average molecular weight is 273 g/mol. The van der Waals surface area contributed by atoms with Gasteiger partial charge in [0.25, 0.3) is 0 Å². The van der Waals surface area contributed by atoms with E-state index in [0.717, 1.165) is 5.56 Å². The number of rotatable bonds is 4. The standard InChI is InChI=1S/C16H19NO3/c1-2-20-16(19)15-13(9-14(18)17-15)12-6-4-3-5-11(12)10-7-8-10/h3-6,10,13,15H,2,7-9H2,1H3,(H,17,18). The van der Waals surface area contributed by atoms with E-state index in [1.54, 1.807) is 6.92 Å². The van der Waals surface area contributed by atoms with Crippen LogP contribution < -0.4 is 5.32 Å². The number of carbonyl (C=O) groups excluding carboxylic acids is 2. The highest BCUT2D eigenvalue weighted by Crippen LogP contribution is 2.45. The Morgan fingerprint density at radius 2 is 2.00 bits per heavy atom. The second-order valence-electron chi connectivity index (χ2n) is 5.51. The fraction of sp³-hybridized carbons (Fsp3) is 0.500. The first-order valence-electron chi connectivity index (χ1n) is 7.25. The van der Waals surface area contributed by atoms with Crippen molar-refractivity contribution in [3.05, 3.63) is 35.4 Å². The van der Waals surface area contributed by atoms with Crippen LogP contribution in [-0.4, -0.2) is 24.5 Å². The van der Waals surface area contributed by atoms with Gasteiger partial charge in [-0.3, -0.25) is 4.79 Å². The summed E-state index contributed by atoms with van der Waals surface area (Å²) in [5, 5.41) is 2.76. The number of ether oxygens (including phenoxy) is 1. The predicted molar refractivity (Wildman–Crippen MR) is 74.3 cm³/mol. The Bertz CT molecular complexity index is 536. The van der Waals surface area contributed by atoms with Crippen molar-refractivity contribution in [1.82, 2.24) is 5.32 Å². The minimum absolute atomic E-state index is 0.0707. The van der Waals surface area contributed by atoms with Crippen LogP contribution in [0.1, 0.15) is 49.1 Å². The summed E-state index contributed by atoms with van der Waals surface area (Å²) in [6.07, 6.45) is 2.78. The largest absolute Gasteiger partial charge is 0.464 e. The molecule has 1 saturated heterocycles. The number of esters is 1. The average Bonchev–Trinajstić information content (AvgIpc) is 3.21. The monoisotopic (exact) mass is 273 g/mol. The van der Waals surface area contributed by atoms with Gasteiger partial charge in [0.1, 0.15) is 6.04 Å². The van der Waals surface area contributed by atoms with Crippen molar-refractivity contribution in [2.75, 3.05) is 6.61 Å². The van der Waals surface area contributed by atoms with Gasteiger partial charge in [-0.2, -0.15) is 0 Å². The fourth-order valence-electron chi connectivity index (χ4n) is 3.01. The van der Waals surface area contributed by atoms with Crippen molar-refractivity contribution in [1.29, 1.82) is 0 Å². The first-order chi connectivity index (χ1) is 9.70. The second kappa shape index (κ2) is 5.27. The number of carbonyl (C=O) groups is 2. The molecule has 1 aliphatic heterocycles. The third-order valence-corrected chi connectivity index (χ3v) is 4.08. The maximum absolute atomic E-state index is 12.0. The Morgan fingerprint density at radius 3 is 2.65 bits per heavy atom. The molecule has 4 heteroatoms. The first-order valence-corrected chi connectivity index (χ1v) is 7.25. The van der Waals surface area contributed by atoms with Crippen LogP contribution in [0.2, 0.25) is 0 Å². The van der Waals surface area contributed by atoms with Crippen LogP contribution in [0.4, 0.5) is 0 Å². The molecule has 3 rings (SSSR count). The fourth-order valence-corrected chi connectivity index (χ4v) is 3.01. The van der Waals surface area contributed by atoms with Gasteiger partial charge in [-0.05, 0) is 36.8 Å². The molecule has 106 valence electrons. The van der Waals surface area contributed by atoms with Gasteiger partial charge < -0.3 is 10.1 Å². The molecule has 1 aromatic rings. The first kappa shape index (κ1) is 13.2. The number of hydrogen-bond donors (Lipinski definition) is 1. The summed E-state index contributed by atoms with van der Waals surface area (Å²) in [5.74, 6) is 0.107. The molecule has 2 fully saturated rings. The van der Waals surface area contributed by atoms with Gasteiger partial charge in [0.05, 0.1) is 6.61 Å². The van der Waals surface area contributed by atoms with Crippen molar-refractivity contribution in [3.8, 4) is 0 Å². The molecule has 0 spiro atoms. The summed E-state index contributed by atoms with van der Waals surface area (Å²) < 4.78 is 5.09. The van der Waals surface area contributed by atoms with E-state index in [2.05, 4.69) is 11.4 Å². The zero-order valence-electron chi connectivity index (χ0n) is 11.6. The van der Waals surface area contributed by atoms with E-state index >= 15 is 0 Å². The minimum atomic E-state index is -0.539. The van der Waals surface area contributed by atoms with Gasteiger partial charge in [-0.15, -0.1) is 0 Å². The molecule has 20 heavy (non-hydrogen) atoms. The van der Waals surface area contributed by atoms with E-state index < -0.39 is 6.04 Å². The zero-order valence-corrected chi connectivity index (χ0v) is 11.6. The molecule has 1 N–H and O–H groups in total. The molecular formula is C16H19NO3. The van der Waals surface area contributed by atoms with Gasteiger partial charge in [-0.1, -0.05) is 24.3 Å². The van der Waals surface area contributed by atoms with E-state index in [-0.39, 0.29) is 17.8 Å². The SMILES string of the molecule is CCOC(=O)C1NC(=O)CC1c1ccccc1C1CC1. The summed E-state index contributed by atoms with van der Waals surface area (Å²) in [6.45, 7) is 2.12. The molecule has 1 aromatic carbocycles. The quantitative estimate of drug-likeness (QED) is 0.855. The normalized spacial score (nSPS) is 25.4. The molecule has 2 atom stereocenters. The lowest BCUT2D eigenvalue weighted by Crippen LogP contribution is -2.37. The van der Waals surface area contributed by atoms with Crippen LogP contribution in [-0.2, 0) is 14.3 Å². The summed E-state index contributed by atoms with van der Waals surface area (Å²) >= 11 is 0. The second-order valence-corrected chi connectivity index (χ2v) is 5.51. The topological polar surface area (TPSA) is 55.4 Å². The number of hydrogen-bond acceptors (Lipinski definition) is 3. The number of amides is 1. The Morgan fingerprint density at radius 1 is 1.30 bits per heavy atom. The molecule has 4 nitrogen and oxygen atoms in total. The third-order valence-electron chi connectivity index (χ3n) is 4.08. The van der Waals surface area contributed by atoms with Crippen molar-refractivity contribution in [3.63, 3.8) is 0 Å². The molecule has 1 aliphatic carbocycles. The molecule has 2 unspecified atom stereocenters. The van der Waals surface area contributed by atoms with Crippen molar-refractivity contribution in [2.45, 2.75) is 44.1 Å². The maximum atomic E-state index is 12.0. The Hall–Kier alpha value is -1.84. The maximum Gasteiger partial charge on any atom is 0.329 e. The van der Waals surface area contributed by atoms with Crippen LogP contribution >= 0.6 is 0 Å². The molecule has 0 aromatic heterocycles. The summed E-state index contributed by atoms with van der Waals surface area (Å²) in [7, 11) is 0. The molecule has 2 aliphatic rings. The molecular weight excluding hydrogens is 254 g/mol. The van der Waals surface area contributed by atoms with Gasteiger partial charge in [0, 0.05) is 12.3 Å². The predicted octanol–water partition coefficient (Wildman–Crippen LogP) is 2.10. The third kappa shape index (κ3) is 2.42. The molecule has 0 bridgehead atoms. The van der Waals surface area contributed by atoms with E-state index in [4.69, 9.17) is 4.74 Å². The smallest absolute Gasteiger partial charge is 0.329 e. The van der Waals surface area contributed by atoms with E-state index in [1.165, 1.54) is 18.4 Å². The number of benzene rings is 1. The van der Waals surface area contributed by atoms with Crippen LogP contribution in [0, 0.1) is 0 Å². The van der Waals surface area contributed by atoms with Gasteiger partial charge in [0.2, 0.25) is 5.91 Å². The van der Waals surface area contributed by atoms with Gasteiger partial charge in [0.15, 0.2) is 0 Å². The Labute approximate surface area is 118 Å². The molecule has 1 heterocycles. The van der Waals surface area contributed by atoms with Crippen molar-refractivity contribution in [2.24, 2.45) is 0 Å². The number of nitrogens with one attached hydrogen (secondary N) is 1. The van der Waals surface area contributed by atoms with Gasteiger partial charge >= 0.3 is 5.97 Å². The summed E-state index contributed by atoms with van der Waals surface area (Å²) in [6, 6.07) is 7.64. The van der Waals surface area contributed by atoms with Crippen molar-refractivity contribution < 1.29 is 14.3 Å². The molecule has 1 amide bonds. The Kier molecular flexibility index (Phi) is 3.47. The lowest BCUT2D eigenvalue weighted by atomic mass is 9.87. The Balaban J connectivity index is 1.91. The highest BCUT2D eigenvalue weighted by atomic mass is 16.5. The van der Waals surface area contributed by atoms with Crippen LogP contribution in [0.3, 0.4) is 0 Å². The van der Waals surface area contributed by atoms with E-state index in [1.807, 2.05) is 18.2 Å². The van der Waals surface area contributed by atoms with Crippen LogP contribution in [0.25, 0.3) is 0 Å². The minimum Gasteiger partial charge on any atom is -0.464 e.